The van der Waals surface area contributed by atoms with Crippen molar-refractivity contribution in [1.82, 2.24) is 15.2 Å². The lowest BCUT2D eigenvalue weighted by molar-refractivity contribution is -0.276. The summed E-state index contributed by atoms with van der Waals surface area (Å²) in [6, 6.07) is 38.5. The number of likely N-dealkylation sites (N-methyl/N-ethyl adjacent to an activating group) is 1. The number of rotatable bonds is 11. The number of amides is 1. The molecule has 6 rings (SSSR count). The van der Waals surface area contributed by atoms with Gasteiger partial charge in [-0.15, -0.1) is 0 Å². The molecule has 1 aliphatic heterocycles. The van der Waals surface area contributed by atoms with E-state index in [2.05, 4.69) is 95.9 Å². The first-order chi connectivity index (χ1) is 23.0. The first-order valence-electron chi connectivity index (χ1n) is 16.1. The zero-order valence-corrected chi connectivity index (χ0v) is 26.8. The molecule has 0 aliphatic carbocycles. The Morgan fingerprint density at radius 2 is 1.55 bits per heavy atom. The molecule has 0 spiro atoms. The van der Waals surface area contributed by atoms with Crippen LogP contribution in [-0.2, 0) is 29.2 Å². The van der Waals surface area contributed by atoms with Gasteiger partial charge in [0.25, 0.3) is 5.91 Å². The number of ether oxygens (including phenoxy) is 2. The minimum atomic E-state index is -0.564. The monoisotopic (exact) mass is 627 g/mol. The van der Waals surface area contributed by atoms with Crippen molar-refractivity contribution in [2.24, 2.45) is 5.92 Å². The van der Waals surface area contributed by atoms with Gasteiger partial charge in [0.05, 0.1) is 24.4 Å². The zero-order valence-electron chi connectivity index (χ0n) is 26.8. The Morgan fingerprint density at radius 1 is 0.809 bits per heavy atom. The molecular formula is C40H41N3O4. The highest BCUT2D eigenvalue weighted by atomic mass is 16.7. The molecule has 7 nitrogen and oxygen atoms in total. The predicted octanol–water partition coefficient (Wildman–Crippen LogP) is 7.09. The molecule has 4 aromatic carbocycles. The van der Waals surface area contributed by atoms with Gasteiger partial charge in [-0.3, -0.25) is 14.7 Å². The van der Waals surface area contributed by atoms with Crippen LogP contribution in [0.4, 0.5) is 0 Å². The smallest absolute Gasteiger partial charge is 0.253 e. The van der Waals surface area contributed by atoms with Crippen molar-refractivity contribution >= 4 is 5.91 Å². The lowest BCUT2D eigenvalue weighted by Gasteiger charge is -2.42. The highest BCUT2D eigenvalue weighted by molar-refractivity contribution is 5.93. The minimum Gasteiger partial charge on any atom is -0.392 e. The molecule has 0 unspecified atom stereocenters. The molecule has 0 saturated carbocycles. The number of hydrogen-bond acceptors (Lipinski definition) is 6. The molecule has 4 atom stereocenters. The van der Waals surface area contributed by atoms with Crippen LogP contribution >= 0.6 is 0 Å². The van der Waals surface area contributed by atoms with Gasteiger partial charge in [0.2, 0.25) is 0 Å². The molecule has 2 heterocycles. The summed E-state index contributed by atoms with van der Waals surface area (Å²) in [6.45, 7) is 4.17. The predicted molar refractivity (Wildman–Crippen MR) is 183 cm³/mol. The molecule has 47 heavy (non-hydrogen) atoms. The van der Waals surface area contributed by atoms with Crippen LogP contribution in [0.2, 0.25) is 0 Å². The Labute approximate surface area is 276 Å². The van der Waals surface area contributed by atoms with Crippen LogP contribution in [0.15, 0.2) is 128 Å². The summed E-state index contributed by atoms with van der Waals surface area (Å²) in [5, 5.41) is 12.6. The van der Waals surface area contributed by atoms with Gasteiger partial charge < -0.3 is 19.9 Å². The normalized spacial score (nSPS) is 19.4. The molecule has 1 fully saturated rings. The lowest BCUT2D eigenvalue weighted by atomic mass is 9.90. The zero-order chi connectivity index (χ0) is 32.6. The second-order valence-electron chi connectivity index (χ2n) is 12.3. The fourth-order valence-electron chi connectivity index (χ4n) is 6.10. The second-order valence-corrected chi connectivity index (χ2v) is 12.3. The van der Waals surface area contributed by atoms with E-state index in [9.17, 15) is 9.90 Å². The number of aromatic nitrogens is 1. The van der Waals surface area contributed by atoms with Crippen LogP contribution in [0.5, 0.6) is 0 Å². The van der Waals surface area contributed by atoms with Crippen LogP contribution < -0.4 is 5.32 Å². The number of benzene rings is 4. The quantitative estimate of drug-likeness (QED) is 0.163. The number of aliphatic hydroxyl groups excluding tert-OH is 1. The maximum Gasteiger partial charge on any atom is 0.253 e. The van der Waals surface area contributed by atoms with Crippen molar-refractivity contribution in [2.45, 2.75) is 45.1 Å². The van der Waals surface area contributed by atoms with Gasteiger partial charge in [-0.2, -0.15) is 0 Å². The van der Waals surface area contributed by atoms with Gasteiger partial charge in [-0.25, -0.2) is 0 Å². The van der Waals surface area contributed by atoms with Crippen LogP contribution in [0.3, 0.4) is 0 Å². The van der Waals surface area contributed by atoms with E-state index in [4.69, 9.17) is 9.47 Å². The summed E-state index contributed by atoms with van der Waals surface area (Å²) in [5.41, 5.74) is 7.75. The van der Waals surface area contributed by atoms with Crippen molar-refractivity contribution in [1.29, 1.82) is 0 Å². The van der Waals surface area contributed by atoms with E-state index in [0.717, 1.165) is 46.5 Å². The van der Waals surface area contributed by atoms with E-state index in [1.165, 1.54) is 5.56 Å². The maximum absolute atomic E-state index is 12.6. The first-order valence-corrected chi connectivity index (χ1v) is 16.1. The van der Waals surface area contributed by atoms with Crippen molar-refractivity contribution in [3.8, 4) is 11.1 Å². The van der Waals surface area contributed by atoms with Crippen LogP contribution in [0.25, 0.3) is 11.1 Å². The van der Waals surface area contributed by atoms with E-state index < -0.39 is 6.29 Å². The van der Waals surface area contributed by atoms with E-state index >= 15 is 0 Å². The van der Waals surface area contributed by atoms with Crippen molar-refractivity contribution in [3.63, 3.8) is 0 Å². The molecule has 2 N–H and O–H groups in total. The molecule has 0 bridgehead atoms. The number of pyridine rings is 1. The van der Waals surface area contributed by atoms with Gasteiger partial charge in [0.1, 0.15) is 0 Å². The van der Waals surface area contributed by atoms with E-state index in [0.29, 0.717) is 12.1 Å². The number of hydrogen-bond donors (Lipinski definition) is 2. The number of carbonyl (C=O) groups is 1. The van der Waals surface area contributed by atoms with E-state index in [-0.39, 0.29) is 30.6 Å². The van der Waals surface area contributed by atoms with Gasteiger partial charge in [0, 0.05) is 43.5 Å². The summed E-state index contributed by atoms with van der Waals surface area (Å²) in [7, 11) is 2.13. The third-order valence-corrected chi connectivity index (χ3v) is 8.71. The maximum atomic E-state index is 12.6. The highest BCUT2D eigenvalue weighted by Crippen LogP contribution is 2.42. The van der Waals surface area contributed by atoms with E-state index in [1.807, 2.05) is 36.4 Å². The molecular weight excluding hydrogens is 586 g/mol. The Hall–Kier alpha value is -4.66. The number of carbonyl (C=O) groups excluding carboxylic acids is 1. The fraction of sp³-hybridized carbons (Fsp3) is 0.250. The molecule has 1 amide bonds. The van der Waals surface area contributed by atoms with Gasteiger partial charge in [0.15, 0.2) is 6.29 Å². The lowest BCUT2D eigenvalue weighted by Crippen LogP contribution is -2.43. The third-order valence-electron chi connectivity index (χ3n) is 8.71. The van der Waals surface area contributed by atoms with Crippen LogP contribution in [0.1, 0.15) is 57.5 Å². The first kappa shape index (κ1) is 32.3. The van der Waals surface area contributed by atoms with Crippen LogP contribution in [-0.4, -0.2) is 40.6 Å². The average Bonchev–Trinajstić information content (AvgIpc) is 3.12. The van der Waals surface area contributed by atoms with Crippen molar-refractivity contribution < 1.29 is 19.4 Å². The number of nitrogens with one attached hydrogen (secondary N) is 1. The molecule has 5 aromatic rings. The van der Waals surface area contributed by atoms with Gasteiger partial charge in [-0.05, 0) is 64.7 Å². The van der Waals surface area contributed by atoms with Crippen molar-refractivity contribution in [2.75, 3.05) is 13.6 Å². The largest absolute Gasteiger partial charge is 0.392 e. The van der Waals surface area contributed by atoms with E-state index in [1.54, 1.807) is 24.5 Å². The molecule has 240 valence electrons. The third kappa shape index (κ3) is 8.20. The molecule has 1 aliphatic rings. The van der Waals surface area contributed by atoms with Crippen LogP contribution in [0, 0.1) is 5.92 Å². The average molecular weight is 628 g/mol. The molecule has 0 radical (unpaired) electrons. The van der Waals surface area contributed by atoms with Gasteiger partial charge >= 0.3 is 0 Å². The molecule has 7 heteroatoms. The Balaban J connectivity index is 1.22. The Morgan fingerprint density at radius 3 is 2.30 bits per heavy atom. The van der Waals surface area contributed by atoms with Gasteiger partial charge in [-0.1, -0.05) is 97.9 Å². The number of aliphatic hydroxyl groups is 1. The second kappa shape index (κ2) is 15.3. The summed E-state index contributed by atoms with van der Waals surface area (Å²) in [6.07, 6.45) is 2.38. The number of nitrogens with zero attached hydrogens (tertiary/aromatic N) is 2. The molecule has 1 aromatic heterocycles. The molecule has 1 saturated heterocycles. The summed E-state index contributed by atoms with van der Waals surface area (Å²) >= 11 is 0. The summed E-state index contributed by atoms with van der Waals surface area (Å²) < 4.78 is 13.5. The van der Waals surface area contributed by atoms with Crippen molar-refractivity contribution in [3.05, 3.63) is 161 Å². The topological polar surface area (TPSA) is 83.9 Å². The summed E-state index contributed by atoms with van der Waals surface area (Å²) in [5.74, 6) is -0.0676. The summed E-state index contributed by atoms with van der Waals surface area (Å²) in [4.78, 5) is 18.9. The minimum absolute atomic E-state index is 0.00483. The fourth-order valence-corrected chi connectivity index (χ4v) is 6.10. The Kier molecular flexibility index (Phi) is 10.5. The highest BCUT2D eigenvalue weighted by Gasteiger charge is 2.39. The Bertz CT molecular complexity index is 1750. The standard InChI is InChI=1S/C40H41N3O4/c1-28-37(26-43(2)25-29-9-4-3-5-10-29)46-40(47-38(28)32-18-16-30(27-44)17-19-32)35-14-7-13-34(22-35)33-12-6-11-31(21-33)23-42-39(45)36-15-8-20-41-24-36/h3-22,24,28,37-38,40,44H,23,25-27H2,1-2H3,(H,42,45)/t28-,37+,38+,40+/m1/s1. The SMILES string of the molecule is C[C@@H]1[C@H](CN(C)Cc2ccccc2)O[C@H](c2cccc(-c3cccc(CNC(=O)c4cccnc4)c3)c2)O[C@@H]1c1ccc(CO)cc1.